The van der Waals surface area contributed by atoms with Crippen LogP contribution in [-0.2, 0) is 54.7 Å². The number of halogens is 2. The second-order valence-electron chi connectivity index (χ2n) is 21.7. The van der Waals surface area contributed by atoms with E-state index >= 15 is 0 Å². The van der Waals surface area contributed by atoms with Gasteiger partial charge in [0.15, 0.2) is 0 Å². The third kappa shape index (κ3) is 13.8. The monoisotopic (exact) mass is 1000 g/mol. The number of carbonyl (C=O) groups is 6. The van der Waals surface area contributed by atoms with Crippen LogP contribution in [0.2, 0.25) is 10.0 Å². The summed E-state index contributed by atoms with van der Waals surface area (Å²) in [5.74, 6) is 2.06. The maximum absolute atomic E-state index is 12.9. The van der Waals surface area contributed by atoms with Gasteiger partial charge in [-0.05, 0) is 137 Å². The molecule has 0 spiro atoms. The minimum Gasteiger partial charge on any atom is -0.343 e. The fraction of sp³-hybridized carbons (Fsp3) is 0.679. The molecule has 8 rings (SSSR count). The SMILES string of the molecule is CCN1C[C@@H](CC(=O)Cc2cc(Cl)cc(CN3CCN(C(=O)C4CCCC4)[C@@H](C)C3)c2C)CC1=O.CCN1C[C@H](CC(=O)Cc2cc(Cl)cc(CN3CCN(C(=O)C4CCCC4)[C@@H](C)C3)c2C)CC1=O. The van der Waals surface area contributed by atoms with E-state index in [1.54, 1.807) is 0 Å². The van der Waals surface area contributed by atoms with Crippen molar-refractivity contribution >= 4 is 58.4 Å². The molecule has 4 amide bonds. The number of rotatable bonds is 16. The summed E-state index contributed by atoms with van der Waals surface area (Å²) in [4.78, 5) is 88.3. The van der Waals surface area contributed by atoms with Gasteiger partial charge in [-0.2, -0.15) is 0 Å². The van der Waals surface area contributed by atoms with Gasteiger partial charge in [0, 0.05) is 151 Å². The van der Waals surface area contributed by atoms with Crippen LogP contribution in [0.1, 0.15) is 138 Å². The average Bonchev–Trinajstić information content (AvgIpc) is 4.16. The van der Waals surface area contributed by atoms with Gasteiger partial charge in [-0.25, -0.2) is 0 Å². The fourth-order valence-corrected chi connectivity index (χ4v) is 12.9. The number of ketones is 2. The first-order chi connectivity index (χ1) is 33.5. The van der Waals surface area contributed by atoms with Gasteiger partial charge in [0.2, 0.25) is 23.6 Å². The van der Waals surface area contributed by atoms with E-state index in [4.69, 9.17) is 23.2 Å². The minimum atomic E-state index is 0.124. The van der Waals surface area contributed by atoms with Gasteiger partial charge in [-0.3, -0.25) is 38.6 Å². The number of amides is 4. The molecule has 4 heterocycles. The Bertz CT molecular complexity index is 2070. The lowest BCUT2D eigenvalue weighted by molar-refractivity contribution is -0.140. The number of hydrogen-bond acceptors (Lipinski definition) is 8. The van der Waals surface area contributed by atoms with E-state index in [2.05, 4.69) is 47.3 Å². The lowest BCUT2D eigenvalue weighted by atomic mass is 9.93. The van der Waals surface area contributed by atoms with Crippen LogP contribution in [0.25, 0.3) is 0 Å². The molecule has 0 N–H and O–H groups in total. The lowest BCUT2D eigenvalue weighted by Crippen LogP contribution is -2.54. The minimum absolute atomic E-state index is 0.124. The van der Waals surface area contributed by atoms with Crippen molar-refractivity contribution in [2.75, 3.05) is 65.4 Å². The summed E-state index contributed by atoms with van der Waals surface area (Å²) >= 11 is 13.0. The summed E-state index contributed by atoms with van der Waals surface area (Å²) in [5.41, 5.74) is 6.51. The maximum Gasteiger partial charge on any atom is 0.226 e. The van der Waals surface area contributed by atoms with Crippen molar-refractivity contribution in [2.45, 2.75) is 157 Å². The molecule has 4 saturated heterocycles. The molecule has 4 atom stereocenters. The highest BCUT2D eigenvalue weighted by Crippen LogP contribution is 2.32. The van der Waals surface area contributed by atoms with Crippen molar-refractivity contribution in [3.05, 3.63) is 67.7 Å². The van der Waals surface area contributed by atoms with Crippen LogP contribution in [0.5, 0.6) is 0 Å². The van der Waals surface area contributed by atoms with Crippen LogP contribution in [0.4, 0.5) is 0 Å². The van der Waals surface area contributed by atoms with E-state index in [9.17, 15) is 28.8 Å². The highest BCUT2D eigenvalue weighted by Gasteiger charge is 2.36. The van der Waals surface area contributed by atoms with Crippen molar-refractivity contribution in [3.8, 4) is 0 Å². The summed E-state index contributed by atoms with van der Waals surface area (Å²) in [7, 11) is 0. The second-order valence-corrected chi connectivity index (χ2v) is 22.6. The zero-order chi connectivity index (χ0) is 50.2. The predicted molar refractivity (Wildman–Crippen MR) is 277 cm³/mol. The third-order valence-corrected chi connectivity index (χ3v) is 17.0. The Morgan fingerprint density at radius 3 is 1.23 bits per heavy atom. The molecule has 14 heteroatoms. The zero-order valence-corrected chi connectivity index (χ0v) is 44.6. The summed E-state index contributed by atoms with van der Waals surface area (Å²) in [6.45, 7) is 21.7. The number of nitrogens with zero attached hydrogens (tertiary/aromatic N) is 6. The fourth-order valence-electron chi connectivity index (χ4n) is 12.4. The molecule has 70 heavy (non-hydrogen) atoms. The Labute approximate surface area is 428 Å². The maximum atomic E-state index is 12.9. The van der Waals surface area contributed by atoms with Gasteiger partial charge in [0.1, 0.15) is 11.6 Å². The Kier molecular flexibility index (Phi) is 19.1. The van der Waals surface area contributed by atoms with Crippen LogP contribution in [0.3, 0.4) is 0 Å². The standard InChI is InChI=1S/2C28H40ClN3O3/c2*1-4-31-17-21(12-27(31)34)11-26(33)15-23-13-25(29)14-24(20(23)3)18-30-9-10-32(19(2)16-30)28(35)22-7-5-6-8-22/h2*13-14,19,21-22H,4-12,15-18H2,1-3H3/t19-,21+;19-,21-/m00/s1. The van der Waals surface area contributed by atoms with Crippen molar-refractivity contribution in [3.63, 3.8) is 0 Å². The van der Waals surface area contributed by atoms with Crippen LogP contribution < -0.4 is 0 Å². The molecule has 2 saturated carbocycles. The second kappa shape index (κ2) is 24.7. The number of Topliss-reactive ketones (excluding diaryl/α,β-unsaturated/α-hetero) is 2. The van der Waals surface area contributed by atoms with Crippen molar-refractivity contribution in [2.24, 2.45) is 23.7 Å². The summed E-state index contributed by atoms with van der Waals surface area (Å²) in [6.07, 6.45) is 11.5. The topological polar surface area (TPSA) is 122 Å². The van der Waals surface area contributed by atoms with Crippen molar-refractivity contribution < 1.29 is 28.8 Å². The summed E-state index contributed by atoms with van der Waals surface area (Å²) in [5, 5.41) is 1.31. The first-order valence-electron chi connectivity index (χ1n) is 26.7. The van der Waals surface area contributed by atoms with E-state index in [-0.39, 0.29) is 59.1 Å². The normalized spacial score (nSPS) is 23.9. The van der Waals surface area contributed by atoms with E-state index in [1.807, 2.05) is 47.9 Å². The van der Waals surface area contributed by atoms with Crippen molar-refractivity contribution in [1.29, 1.82) is 0 Å². The number of carbonyl (C=O) groups excluding carboxylic acids is 6. The number of likely N-dealkylation sites (tertiary alicyclic amines) is 2. The highest BCUT2D eigenvalue weighted by atomic mass is 35.5. The molecule has 6 fully saturated rings. The summed E-state index contributed by atoms with van der Waals surface area (Å²) < 4.78 is 0. The van der Waals surface area contributed by atoms with Crippen LogP contribution >= 0.6 is 23.2 Å². The number of piperazine rings is 2. The molecular formula is C56H80Cl2N6O6. The molecule has 6 aliphatic rings. The average molecular weight is 1000 g/mol. The molecule has 4 aliphatic heterocycles. The molecule has 0 unspecified atom stereocenters. The van der Waals surface area contributed by atoms with Gasteiger partial charge in [0.25, 0.3) is 0 Å². The zero-order valence-electron chi connectivity index (χ0n) is 43.0. The van der Waals surface area contributed by atoms with Crippen LogP contribution in [0, 0.1) is 37.5 Å². The molecule has 0 radical (unpaired) electrons. The largest absolute Gasteiger partial charge is 0.343 e. The molecule has 384 valence electrons. The molecule has 2 aromatic rings. The lowest BCUT2D eigenvalue weighted by Gasteiger charge is -2.41. The van der Waals surface area contributed by atoms with Gasteiger partial charge in [-0.1, -0.05) is 48.9 Å². The van der Waals surface area contributed by atoms with E-state index in [0.717, 1.165) is 111 Å². The van der Waals surface area contributed by atoms with Gasteiger partial charge in [0.05, 0.1) is 0 Å². The van der Waals surface area contributed by atoms with E-state index in [0.29, 0.717) is 86.6 Å². The molecule has 0 aromatic heterocycles. The highest BCUT2D eigenvalue weighted by molar-refractivity contribution is 6.31. The Morgan fingerprint density at radius 2 is 0.900 bits per heavy atom. The Balaban J connectivity index is 0.000000206. The molecular weight excluding hydrogens is 924 g/mol. The first kappa shape index (κ1) is 53.9. The van der Waals surface area contributed by atoms with Gasteiger partial charge >= 0.3 is 0 Å². The van der Waals surface area contributed by atoms with Crippen LogP contribution in [-0.4, -0.2) is 142 Å². The molecule has 2 aromatic carbocycles. The predicted octanol–water partition coefficient (Wildman–Crippen LogP) is 8.48. The van der Waals surface area contributed by atoms with Gasteiger partial charge in [-0.15, -0.1) is 0 Å². The Morgan fingerprint density at radius 1 is 0.543 bits per heavy atom. The third-order valence-electron chi connectivity index (χ3n) is 16.5. The Hall–Kier alpha value is -3.84. The molecule has 0 bridgehead atoms. The molecule has 2 aliphatic carbocycles. The van der Waals surface area contributed by atoms with Crippen LogP contribution in [0.15, 0.2) is 24.3 Å². The number of benzene rings is 2. The smallest absolute Gasteiger partial charge is 0.226 e. The van der Waals surface area contributed by atoms with Crippen molar-refractivity contribution in [1.82, 2.24) is 29.4 Å². The van der Waals surface area contributed by atoms with E-state index in [1.165, 1.54) is 25.7 Å². The quantitative estimate of drug-likeness (QED) is 0.164. The molecule has 12 nitrogen and oxygen atoms in total. The van der Waals surface area contributed by atoms with E-state index < -0.39 is 0 Å². The number of hydrogen-bond donors (Lipinski definition) is 0. The first-order valence-corrected chi connectivity index (χ1v) is 27.5. The summed E-state index contributed by atoms with van der Waals surface area (Å²) in [6, 6.07) is 8.26. The van der Waals surface area contributed by atoms with Gasteiger partial charge < -0.3 is 19.6 Å².